The SMILES string of the molecule is Cc1ncc([N+](=O)[O-])n1CCN1CCCC(C)(C(=O)O)C1. The smallest absolute Gasteiger partial charge is 0.342 e. The van der Waals surface area contributed by atoms with Gasteiger partial charge in [0.05, 0.1) is 5.41 Å². The van der Waals surface area contributed by atoms with Gasteiger partial charge in [0.15, 0.2) is 5.82 Å². The molecule has 0 radical (unpaired) electrons. The molecular weight excluding hydrogens is 276 g/mol. The zero-order valence-electron chi connectivity index (χ0n) is 12.3. The first-order chi connectivity index (χ1) is 9.83. The molecule has 1 N–H and O–H groups in total. The van der Waals surface area contributed by atoms with Gasteiger partial charge in [-0.05, 0) is 31.2 Å². The van der Waals surface area contributed by atoms with E-state index in [2.05, 4.69) is 9.88 Å². The fourth-order valence-electron chi connectivity index (χ4n) is 2.83. The molecule has 0 saturated carbocycles. The summed E-state index contributed by atoms with van der Waals surface area (Å²) in [6.45, 7) is 5.81. The van der Waals surface area contributed by atoms with E-state index in [0.717, 1.165) is 13.0 Å². The second kappa shape index (κ2) is 5.80. The Balaban J connectivity index is 2.02. The molecule has 2 rings (SSSR count). The number of carbonyl (C=O) groups is 1. The first kappa shape index (κ1) is 15.4. The lowest BCUT2D eigenvalue weighted by atomic mass is 9.82. The molecule has 8 nitrogen and oxygen atoms in total. The number of piperidine rings is 1. The fourth-order valence-corrected chi connectivity index (χ4v) is 2.83. The third kappa shape index (κ3) is 3.21. The number of hydrogen-bond acceptors (Lipinski definition) is 5. The Morgan fingerprint density at radius 2 is 2.29 bits per heavy atom. The van der Waals surface area contributed by atoms with Crippen LogP contribution in [0, 0.1) is 22.5 Å². The molecule has 2 heterocycles. The van der Waals surface area contributed by atoms with Crippen molar-refractivity contribution in [2.24, 2.45) is 5.41 Å². The standard InChI is InChI=1S/C13H20N4O4/c1-10-14-8-11(17(20)21)16(10)7-6-15-5-3-4-13(2,9-15)12(18)19/h8H,3-7,9H2,1-2H3,(H,18,19). The van der Waals surface area contributed by atoms with E-state index in [1.807, 2.05) is 0 Å². The molecule has 8 heteroatoms. The number of imidazole rings is 1. The van der Waals surface area contributed by atoms with Crippen molar-refractivity contribution >= 4 is 11.8 Å². The van der Waals surface area contributed by atoms with Crippen molar-refractivity contribution in [3.05, 3.63) is 22.1 Å². The van der Waals surface area contributed by atoms with Crippen LogP contribution in [0.3, 0.4) is 0 Å². The summed E-state index contributed by atoms with van der Waals surface area (Å²) in [5.41, 5.74) is -0.728. The van der Waals surface area contributed by atoms with Crippen LogP contribution < -0.4 is 0 Å². The average Bonchev–Trinajstić information content (AvgIpc) is 2.78. The summed E-state index contributed by atoms with van der Waals surface area (Å²) in [5, 5.41) is 20.2. The van der Waals surface area contributed by atoms with Gasteiger partial charge in [-0.25, -0.2) is 9.55 Å². The van der Waals surface area contributed by atoms with Gasteiger partial charge in [0.2, 0.25) is 0 Å². The van der Waals surface area contributed by atoms with Crippen LogP contribution in [-0.4, -0.2) is 50.1 Å². The van der Waals surface area contributed by atoms with Crippen LogP contribution in [0.4, 0.5) is 5.82 Å². The highest BCUT2D eigenvalue weighted by molar-refractivity contribution is 5.74. The van der Waals surface area contributed by atoms with Crippen LogP contribution in [0.2, 0.25) is 0 Å². The molecule has 21 heavy (non-hydrogen) atoms. The highest BCUT2D eigenvalue weighted by atomic mass is 16.6. The van der Waals surface area contributed by atoms with Crippen molar-refractivity contribution in [3.8, 4) is 0 Å². The minimum absolute atomic E-state index is 0.0227. The maximum absolute atomic E-state index is 11.3. The molecule has 0 bridgehead atoms. The van der Waals surface area contributed by atoms with E-state index in [4.69, 9.17) is 0 Å². The van der Waals surface area contributed by atoms with Gasteiger partial charge in [0.1, 0.15) is 12.7 Å². The molecule has 1 aliphatic heterocycles. The Morgan fingerprint density at radius 3 is 2.90 bits per heavy atom. The van der Waals surface area contributed by atoms with Crippen molar-refractivity contribution in [2.75, 3.05) is 19.6 Å². The second-order valence-electron chi connectivity index (χ2n) is 5.82. The monoisotopic (exact) mass is 296 g/mol. The molecule has 1 atom stereocenters. The first-order valence-electron chi connectivity index (χ1n) is 6.96. The van der Waals surface area contributed by atoms with Gasteiger partial charge in [0.25, 0.3) is 0 Å². The van der Waals surface area contributed by atoms with Gasteiger partial charge < -0.3 is 15.2 Å². The van der Waals surface area contributed by atoms with Gasteiger partial charge >= 0.3 is 11.8 Å². The second-order valence-corrected chi connectivity index (χ2v) is 5.82. The fraction of sp³-hybridized carbons (Fsp3) is 0.692. The van der Waals surface area contributed by atoms with Crippen LogP contribution in [-0.2, 0) is 11.3 Å². The quantitative estimate of drug-likeness (QED) is 0.649. The normalized spacial score (nSPS) is 23.1. The van der Waals surface area contributed by atoms with Gasteiger partial charge in [-0.15, -0.1) is 0 Å². The van der Waals surface area contributed by atoms with Gasteiger partial charge in [-0.1, -0.05) is 0 Å². The van der Waals surface area contributed by atoms with Crippen LogP contribution in [0.25, 0.3) is 0 Å². The van der Waals surface area contributed by atoms with Gasteiger partial charge in [0, 0.05) is 20.0 Å². The molecule has 116 valence electrons. The molecule has 1 fully saturated rings. The number of likely N-dealkylation sites (tertiary alicyclic amines) is 1. The van der Waals surface area contributed by atoms with Gasteiger partial charge in [-0.2, -0.15) is 0 Å². The molecule has 0 aromatic carbocycles. The molecule has 0 spiro atoms. The molecule has 1 saturated heterocycles. The molecular formula is C13H20N4O4. The largest absolute Gasteiger partial charge is 0.481 e. The molecule has 1 aliphatic rings. The van der Waals surface area contributed by atoms with Crippen molar-refractivity contribution in [2.45, 2.75) is 33.2 Å². The van der Waals surface area contributed by atoms with Crippen LogP contribution in [0.1, 0.15) is 25.6 Å². The summed E-state index contributed by atoms with van der Waals surface area (Å²) < 4.78 is 1.56. The minimum atomic E-state index is -0.781. The summed E-state index contributed by atoms with van der Waals surface area (Å²) in [6, 6.07) is 0. The maximum atomic E-state index is 11.3. The average molecular weight is 296 g/mol. The van der Waals surface area contributed by atoms with Gasteiger partial charge in [-0.3, -0.25) is 9.69 Å². The zero-order chi connectivity index (χ0) is 15.6. The van der Waals surface area contributed by atoms with Crippen molar-refractivity contribution in [1.29, 1.82) is 0 Å². The number of aromatic nitrogens is 2. The Bertz CT molecular complexity index is 556. The number of hydrogen-bond donors (Lipinski definition) is 1. The minimum Gasteiger partial charge on any atom is -0.481 e. The number of aryl methyl sites for hydroxylation is 1. The van der Waals surface area contributed by atoms with E-state index in [-0.39, 0.29) is 5.82 Å². The Kier molecular flexibility index (Phi) is 4.26. The predicted octanol–water partition coefficient (Wildman–Crippen LogP) is 1.29. The summed E-state index contributed by atoms with van der Waals surface area (Å²) >= 11 is 0. The van der Waals surface area contributed by atoms with E-state index in [1.165, 1.54) is 6.20 Å². The van der Waals surface area contributed by atoms with Crippen molar-refractivity contribution in [3.63, 3.8) is 0 Å². The van der Waals surface area contributed by atoms with Crippen molar-refractivity contribution in [1.82, 2.24) is 14.5 Å². The third-order valence-electron chi connectivity index (χ3n) is 4.15. The van der Waals surface area contributed by atoms with E-state index < -0.39 is 16.3 Å². The van der Waals surface area contributed by atoms with E-state index in [1.54, 1.807) is 18.4 Å². The number of aliphatic carboxylic acids is 1. The zero-order valence-corrected chi connectivity index (χ0v) is 12.3. The molecule has 0 aliphatic carbocycles. The Hall–Kier alpha value is -1.96. The Morgan fingerprint density at radius 1 is 1.57 bits per heavy atom. The van der Waals surface area contributed by atoms with E-state index in [0.29, 0.717) is 31.9 Å². The highest BCUT2D eigenvalue weighted by Gasteiger charge is 2.37. The van der Waals surface area contributed by atoms with Crippen LogP contribution in [0.15, 0.2) is 6.20 Å². The topological polar surface area (TPSA) is 102 Å². The summed E-state index contributed by atoms with van der Waals surface area (Å²) in [6.07, 6.45) is 2.75. The number of carboxylic acids is 1. The molecule has 1 aromatic heterocycles. The van der Waals surface area contributed by atoms with Crippen LogP contribution >= 0.6 is 0 Å². The summed E-state index contributed by atoms with van der Waals surface area (Å²) in [7, 11) is 0. The Labute approximate surface area is 122 Å². The number of rotatable bonds is 5. The predicted molar refractivity (Wildman–Crippen MR) is 75.0 cm³/mol. The number of nitrogens with zero attached hydrogens (tertiary/aromatic N) is 4. The lowest BCUT2D eigenvalue weighted by Crippen LogP contribution is -2.46. The highest BCUT2D eigenvalue weighted by Crippen LogP contribution is 2.29. The first-order valence-corrected chi connectivity index (χ1v) is 6.96. The van der Waals surface area contributed by atoms with Crippen molar-refractivity contribution < 1.29 is 14.8 Å². The lowest BCUT2D eigenvalue weighted by molar-refractivity contribution is -0.392. The van der Waals surface area contributed by atoms with Crippen LogP contribution in [0.5, 0.6) is 0 Å². The van der Waals surface area contributed by atoms with E-state index >= 15 is 0 Å². The maximum Gasteiger partial charge on any atom is 0.342 e. The molecule has 0 amide bonds. The molecule has 1 unspecified atom stereocenters. The number of carboxylic acid groups (broad SMARTS) is 1. The summed E-state index contributed by atoms with van der Waals surface area (Å²) in [5.74, 6) is -0.206. The summed E-state index contributed by atoms with van der Waals surface area (Å²) in [4.78, 5) is 27.8. The lowest BCUT2D eigenvalue weighted by Gasteiger charge is -2.37. The number of nitro groups is 1. The molecule has 1 aromatic rings. The third-order valence-corrected chi connectivity index (χ3v) is 4.15. The van der Waals surface area contributed by atoms with E-state index in [9.17, 15) is 20.0 Å².